The normalized spacial score (nSPS) is 11.5. The summed E-state index contributed by atoms with van der Waals surface area (Å²) < 4.78 is 43.5. The Kier molecular flexibility index (Phi) is 11.4. The molecular formula is C28H35N3O7S. The number of rotatable bonds is 12. The summed E-state index contributed by atoms with van der Waals surface area (Å²) in [5.41, 5.74) is 0.869. The second-order valence-electron chi connectivity index (χ2n) is 9.48. The van der Waals surface area contributed by atoms with Gasteiger partial charge in [0.1, 0.15) is 18.0 Å². The van der Waals surface area contributed by atoms with Gasteiger partial charge in [-0.1, -0.05) is 30.4 Å². The Morgan fingerprint density at radius 3 is 2.49 bits per heavy atom. The first-order valence-electron chi connectivity index (χ1n) is 12.3. The average molecular weight is 558 g/mol. The minimum atomic E-state index is -4.11. The van der Waals surface area contributed by atoms with Crippen molar-refractivity contribution < 1.29 is 32.2 Å². The smallest absolute Gasteiger partial charge is 0.410 e. The Morgan fingerprint density at radius 2 is 1.82 bits per heavy atom. The van der Waals surface area contributed by atoms with Crippen LogP contribution >= 0.6 is 0 Å². The molecule has 0 saturated heterocycles. The monoisotopic (exact) mass is 557 g/mol. The molecule has 0 aliphatic carbocycles. The number of carbonyl (C=O) groups excluding carboxylic acids is 2. The standard InChI is InChI=1S/C28H35N3O7S/c1-6-36-26(32)21-39(34,35)31(15-9-12-22-10-7-11-23(18-22)20-29)24-13-8-14-25(19-24)37-17-16-30(5)27(33)38-28(2,3)4/h7-14,18-19H,6,15-17,21H2,1-5H3/b12-9+. The SMILES string of the molecule is CCOC(=O)CS(=O)(=O)N(C/C=C/c1cccc(C#N)c1)c1cccc(OCCN(C)C(=O)OC(C)(C)C)c1. The first-order valence-corrected chi connectivity index (χ1v) is 13.9. The predicted molar refractivity (Wildman–Crippen MR) is 149 cm³/mol. The number of carbonyl (C=O) groups is 2. The maximum Gasteiger partial charge on any atom is 0.410 e. The number of likely N-dealkylation sites (N-methyl/N-ethyl adjacent to an activating group) is 1. The molecule has 2 rings (SSSR count). The first-order chi connectivity index (χ1) is 18.3. The van der Waals surface area contributed by atoms with E-state index >= 15 is 0 Å². The number of hydrogen-bond donors (Lipinski definition) is 0. The molecule has 1 amide bonds. The molecular weight excluding hydrogens is 522 g/mol. The number of benzene rings is 2. The molecule has 0 radical (unpaired) electrons. The maximum absolute atomic E-state index is 13.2. The van der Waals surface area contributed by atoms with E-state index in [1.807, 2.05) is 0 Å². The van der Waals surface area contributed by atoms with Crippen LogP contribution in [0.5, 0.6) is 5.75 Å². The van der Waals surface area contributed by atoms with E-state index in [0.29, 0.717) is 11.3 Å². The number of amides is 1. The summed E-state index contributed by atoms with van der Waals surface area (Å²) in [5, 5.41) is 9.11. The van der Waals surface area contributed by atoms with Crippen LogP contribution in [0, 0.1) is 11.3 Å². The highest BCUT2D eigenvalue weighted by Crippen LogP contribution is 2.24. The summed E-state index contributed by atoms with van der Waals surface area (Å²) in [6.45, 7) is 7.30. The van der Waals surface area contributed by atoms with Crippen molar-refractivity contribution in [3.63, 3.8) is 0 Å². The van der Waals surface area contributed by atoms with E-state index < -0.39 is 33.4 Å². The summed E-state index contributed by atoms with van der Waals surface area (Å²) >= 11 is 0. The summed E-state index contributed by atoms with van der Waals surface area (Å²) in [4.78, 5) is 25.6. The lowest BCUT2D eigenvalue weighted by Gasteiger charge is -2.25. The third-order valence-corrected chi connectivity index (χ3v) is 6.68. The van der Waals surface area contributed by atoms with Gasteiger partial charge >= 0.3 is 12.1 Å². The molecule has 0 aromatic heterocycles. The zero-order chi connectivity index (χ0) is 29.1. The van der Waals surface area contributed by atoms with Crippen molar-refractivity contribution in [2.75, 3.05) is 43.4 Å². The number of nitrogens with zero attached hydrogens (tertiary/aromatic N) is 3. The van der Waals surface area contributed by atoms with E-state index in [2.05, 4.69) is 6.07 Å². The number of ether oxygens (including phenoxy) is 3. The lowest BCUT2D eigenvalue weighted by atomic mass is 10.1. The van der Waals surface area contributed by atoms with Crippen molar-refractivity contribution >= 4 is 33.8 Å². The number of anilines is 1. The van der Waals surface area contributed by atoms with Crippen LogP contribution in [0.4, 0.5) is 10.5 Å². The molecule has 2 aromatic rings. The van der Waals surface area contributed by atoms with Crippen molar-refractivity contribution in [3.8, 4) is 11.8 Å². The molecule has 0 fully saturated rings. The van der Waals surface area contributed by atoms with Gasteiger partial charge in [0.25, 0.3) is 0 Å². The molecule has 11 heteroatoms. The molecule has 0 saturated carbocycles. The van der Waals surface area contributed by atoms with Crippen molar-refractivity contribution in [1.29, 1.82) is 5.26 Å². The third kappa shape index (κ3) is 10.7. The fraction of sp³-hybridized carbons (Fsp3) is 0.393. The van der Waals surface area contributed by atoms with Crippen LogP contribution in [-0.4, -0.2) is 70.1 Å². The number of esters is 1. The molecule has 0 N–H and O–H groups in total. The molecule has 0 heterocycles. The Labute approximate surface area is 230 Å². The highest BCUT2D eigenvalue weighted by molar-refractivity contribution is 7.93. The molecule has 10 nitrogen and oxygen atoms in total. The Balaban J connectivity index is 2.21. The number of sulfonamides is 1. The Bertz CT molecular complexity index is 1310. The van der Waals surface area contributed by atoms with Crippen LogP contribution < -0.4 is 9.04 Å². The minimum absolute atomic E-state index is 0.0601. The molecule has 0 spiro atoms. The summed E-state index contributed by atoms with van der Waals surface area (Å²) in [6.07, 6.45) is 2.84. The molecule has 0 bridgehead atoms. The largest absolute Gasteiger partial charge is 0.492 e. The van der Waals surface area contributed by atoms with Crippen LogP contribution in [0.15, 0.2) is 54.6 Å². The van der Waals surface area contributed by atoms with Gasteiger partial charge in [0.05, 0.1) is 37.0 Å². The van der Waals surface area contributed by atoms with Gasteiger partial charge in [-0.25, -0.2) is 13.2 Å². The number of hydrogen-bond acceptors (Lipinski definition) is 8. The lowest BCUT2D eigenvalue weighted by Crippen LogP contribution is -2.36. The first kappa shape index (κ1) is 31.2. The van der Waals surface area contributed by atoms with Gasteiger partial charge in [-0.3, -0.25) is 9.10 Å². The van der Waals surface area contributed by atoms with Gasteiger partial charge in [-0.15, -0.1) is 0 Å². The van der Waals surface area contributed by atoms with Crippen molar-refractivity contribution in [1.82, 2.24) is 4.90 Å². The molecule has 0 aliphatic rings. The van der Waals surface area contributed by atoms with Gasteiger partial charge in [0, 0.05) is 13.1 Å². The van der Waals surface area contributed by atoms with E-state index in [1.165, 1.54) is 4.90 Å². The summed E-state index contributed by atoms with van der Waals surface area (Å²) in [6, 6.07) is 15.4. The maximum atomic E-state index is 13.2. The van der Waals surface area contributed by atoms with Crippen LogP contribution in [0.25, 0.3) is 6.08 Å². The van der Waals surface area contributed by atoms with Crippen LogP contribution in [0.1, 0.15) is 38.8 Å². The highest BCUT2D eigenvalue weighted by atomic mass is 32.2. The third-order valence-electron chi connectivity index (χ3n) is 5.04. The minimum Gasteiger partial charge on any atom is -0.492 e. The van der Waals surface area contributed by atoms with E-state index in [-0.39, 0.29) is 32.0 Å². The Morgan fingerprint density at radius 1 is 1.10 bits per heavy atom. The lowest BCUT2D eigenvalue weighted by molar-refractivity contribution is -0.139. The molecule has 0 atom stereocenters. The van der Waals surface area contributed by atoms with Crippen LogP contribution in [0.2, 0.25) is 0 Å². The molecule has 210 valence electrons. The fourth-order valence-corrected chi connectivity index (χ4v) is 4.55. The molecule has 39 heavy (non-hydrogen) atoms. The highest BCUT2D eigenvalue weighted by Gasteiger charge is 2.26. The summed E-state index contributed by atoms with van der Waals surface area (Å²) in [7, 11) is -2.52. The van der Waals surface area contributed by atoms with Gasteiger partial charge < -0.3 is 19.1 Å². The number of nitriles is 1. The topological polar surface area (TPSA) is 126 Å². The van der Waals surface area contributed by atoms with Crippen LogP contribution in [-0.2, 0) is 24.3 Å². The predicted octanol–water partition coefficient (Wildman–Crippen LogP) is 4.22. The molecule has 0 aliphatic heterocycles. The van der Waals surface area contributed by atoms with Crippen molar-refractivity contribution in [3.05, 3.63) is 65.7 Å². The van der Waals surface area contributed by atoms with E-state index in [9.17, 15) is 18.0 Å². The fourth-order valence-electron chi connectivity index (χ4n) is 3.27. The van der Waals surface area contributed by atoms with Crippen LogP contribution in [0.3, 0.4) is 0 Å². The van der Waals surface area contributed by atoms with E-state index in [0.717, 1.165) is 9.87 Å². The molecule has 2 aromatic carbocycles. The molecule has 0 unspecified atom stereocenters. The van der Waals surface area contributed by atoms with Crippen molar-refractivity contribution in [2.24, 2.45) is 0 Å². The van der Waals surface area contributed by atoms with Gasteiger partial charge in [-0.05, 0) is 57.5 Å². The van der Waals surface area contributed by atoms with Crippen molar-refractivity contribution in [2.45, 2.75) is 33.3 Å². The summed E-state index contributed by atoms with van der Waals surface area (Å²) in [5.74, 6) is -1.30. The second kappa shape index (κ2) is 14.2. The van der Waals surface area contributed by atoms with E-state index in [1.54, 1.807) is 95.4 Å². The zero-order valence-corrected chi connectivity index (χ0v) is 23.7. The quantitative estimate of drug-likeness (QED) is 0.355. The zero-order valence-electron chi connectivity index (χ0n) is 22.9. The Hall–Kier alpha value is -4.04. The van der Waals surface area contributed by atoms with Gasteiger partial charge in [0.15, 0.2) is 5.75 Å². The second-order valence-corrected chi connectivity index (χ2v) is 11.4. The van der Waals surface area contributed by atoms with Gasteiger partial charge in [-0.2, -0.15) is 5.26 Å². The average Bonchev–Trinajstić information content (AvgIpc) is 2.85. The van der Waals surface area contributed by atoms with E-state index in [4.69, 9.17) is 19.5 Å². The van der Waals surface area contributed by atoms with Gasteiger partial charge in [0.2, 0.25) is 10.0 Å².